The van der Waals surface area contributed by atoms with Crippen LogP contribution in [0.15, 0.2) is 57.6 Å². The van der Waals surface area contributed by atoms with Crippen LogP contribution >= 0.6 is 39.1 Å². The summed E-state index contributed by atoms with van der Waals surface area (Å²) in [6, 6.07) is 10.8. The standard InChI is InChI=1S/C24H19BrCl2N2O4/c1-31-20-8-13(7-16(25)23(20)32-11-12-5-6-14(26)9-17(12)27)21-15(10-28)24(29)33-19-4-2-3-18(30)22(19)21/h5-9,21H,2-4,11,29H2,1H3. The van der Waals surface area contributed by atoms with Crippen LogP contribution in [0.25, 0.3) is 0 Å². The highest BCUT2D eigenvalue weighted by molar-refractivity contribution is 9.10. The van der Waals surface area contributed by atoms with Gasteiger partial charge in [-0.1, -0.05) is 29.3 Å². The number of hydrogen-bond donors (Lipinski definition) is 1. The van der Waals surface area contributed by atoms with Crippen molar-refractivity contribution >= 4 is 44.9 Å². The summed E-state index contributed by atoms with van der Waals surface area (Å²) in [6.45, 7) is 0.186. The van der Waals surface area contributed by atoms with E-state index in [4.69, 9.17) is 43.1 Å². The highest BCUT2D eigenvalue weighted by Gasteiger charge is 2.38. The first kappa shape index (κ1) is 23.5. The molecule has 2 N–H and O–H groups in total. The fourth-order valence-corrected chi connectivity index (χ4v) is 5.06. The molecule has 2 aromatic carbocycles. The molecular formula is C24H19BrCl2N2O4. The third kappa shape index (κ3) is 4.56. The van der Waals surface area contributed by atoms with Crippen molar-refractivity contribution in [3.63, 3.8) is 0 Å². The van der Waals surface area contributed by atoms with Gasteiger partial charge in [-0.05, 0) is 52.2 Å². The number of halogens is 3. The van der Waals surface area contributed by atoms with Crippen LogP contribution < -0.4 is 15.2 Å². The number of carbonyl (C=O) groups is 1. The molecule has 0 spiro atoms. The number of Topliss-reactive ketones (excluding diaryl/α,β-unsaturated/α-hetero) is 1. The Hall–Kier alpha value is -2.66. The number of ether oxygens (including phenoxy) is 3. The molecule has 1 unspecified atom stereocenters. The zero-order valence-corrected chi connectivity index (χ0v) is 20.7. The van der Waals surface area contributed by atoms with Crippen LogP contribution in [0.4, 0.5) is 0 Å². The number of allylic oxidation sites excluding steroid dienone is 3. The number of methoxy groups -OCH3 is 1. The van der Waals surface area contributed by atoms with Gasteiger partial charge in [-0.15, -0.1) is 0 Å². The Bertz CT molecular complexity index is 1250. The summed E-state index contributed by atoms with van der Waals surface area (Å²) in [4.78, 5) is 12.8. The van der Waals surface area contributed by atoms with E-state index < -0.39 is 5.92 Å². The van der Waals surface area contributed by atoms with Gasteiger partial charge in [0.1, 0.15) is 24.0 Å². The molecule has 6 nitrogen and oxygen atoms in total. The fourth-order valence-electron chi connectivity index (χ4n) is 4.02. The second-order valence-corrected chi connectivity index (χ2v) is 9.29. The Kier molecular flexibility index (Phi) is 6.89. The largest absolute Gasteiger partial charge is 0.493 e. The molecule has 1 aliphatic heterocycles. The summed E-state index contributed by atoms with van der Waals surface area (Å²) >= 11 is 15.8. The first-order chi connectivity index (χ1) is 15.8. The molecule has 1 heterocycles. The third-order valence-corrected chi connectivity index (χ3v) is 6.75. The number of nitrogens with two attached hydrogens (primary N) is 1. The summed E-state index contributed by atoms with van der Waals surface area (Å²) in [6.07, 6.45) is 1.68. The lowest BCUT2D eigenvalue weighted by atomic mass is 9.77. The van der Waals surface area contributed by atoms with Crippen molar-refractivity contribution < 1.29 is 19.0 Å². The molecule has 33 heavy (non-hydrogen) atoms. The van der Waals surface area contributed by atoms with Crippen molar-refractivity contribution in [1.82, 2.24) is 0 Å². The van der Waals surface area contributed by atoms with Gasteiger partial charge in [-0.2, -0.15) is 5.26 Å². The van der Waals surface area contributed by atoms with Gasteiger partial charge in [0.15, 0.2) is 17.3 Å². The Balaban J connectivity index is 1.73. The molecular weight excluding hydrogens is 531 g/mol. The third-order valence-electron chi connectivity index (χ3n) is 5.58. The van der Waals surface area contributed by atoms with Crippen LogP contribution in [0.2, 0.25) is 10.0 Å². The van der Waals surface area contributed by atoms with E-state index in [1.165, 1.54) is 7.11 Å². The van der Waals surface area contributed by atoms with E-state index in [0.717, 1.165) is 5.56 Å². The molecule has 2 aromatic rings. The Morgan fingerprint density at radius 3 is 2.76 bits per heavy atom. The summed E-state index contributed by atoms with van der Waals surface area (Å²) < 4.78 is 17.8. The average Bonchev–Trinajstić information content (AvgIpc) is 2.78. The molecule has 9 heteroatoms. The summed E-state index contributed by atoms with van der Waals surface area (Å²) in [5.41, 5.74) is 8.14. The van der Waals surface area contributed by atoms with Crippen molar-refractivity contribution in [3.8, 4) is 17.6 Å². The predicted octanol–water partition coefficient (Wildman–Crippen LogP) is 6.16. The second-order valence-electron chi connectivity index (χ2n) is 7.60. The molecule has 1 aliphatic carbocycles. The monoisotopic (exact) mass is 548 g/mol. The van der Waals surface area contributed by atoms with Crippen molar-refractivity contribution in [2.75, 3.05) is 7.11 Å². The van der Waals surface area contributed by atoms with Crippen molar-refractivity contribution in [2.45, 2.75) is 31.8 Å². The number of hydrogen-bond acceptors (Lipinski definition) is 6. The number of carbonyl (C=O) groups excluding carboxylic acids is 1. The quantitative estimate of drug-likeness (QED) is 0.480. The lowest BCUT2D eigenvalue weighted by Crippen LogP contribution is -2.27. The number of nitriles is 1. The predicted molar refractivity (Wildman–Crippen MR) is 128 cm³/mol. The smallest absolute Gasteiger partial charge is 0.205 e. The molecule has 170 valence electrons. The minimum atomic E-state index is -0.642. The molecule has 0 saturated carbocycles. The maximum absolute atomic E-state index is 12.8. The molecule has 0 saturated heterocycles. The van der Waals surface area contributed by atoms with E-state index in [1.807, 2.05) is 0 Å². The van der Waals surface area contributed by atoms with Gasteiger partial charge in [0.05, 0.1) is 17.5 Å². The molecule has 0 bridgehead atoms. The molecule has 0 radical (unpaired) electrons. The van der Waals surface area contributed by atoms with E-state index in [9.17, 15) is 10.1 Å². The highest BCUT2D eigenvalue weighted by atomic mass is 79.9. The number of ketones is 1. The summed E-state index contributed by atoms with van der Waals surface area (Å²) in [5, 5.41) is 10.8. The van der Waals surface area contributed by atoms with Gasteiger partial charge in [0.2, 0.25) is 5.88 Å². The maximum atomic E-state index is 12.8. The van der Waals surface area contributed by atoms with Crippen LogP contribution in [-0.2, 0) is 16.1 Å². The second kappa shape index (κ2) is 9.68. The molecule has 0 fully saturated rings. The molecule has 0 amide bonds. The molecule has 4 rings (SSSR count). The van der Waals surface area contributed by atoms with Crippen molar-refractivity contribution in [3.05, 3.63) is 78.8 Å². The van der Waals surface area contributed by atoms with Crippen LogP contribution in [0, 0.1) is 11.3 Å². The first-order valence-electron chi connectivity index (χ1n) is 10.1. The van der Waals surface area contributed by atoms with Gasteiger partial charge < -0.3 is 19.9 Å². The normalized spacial score (nSPS) is 17.9. The van der Waals surface area contributed by atoms with Gasteiger partial charge in [-0.25, -0.2) is 0 Å². The lowest BCUT2D eigenvalue weighted by Gasteiger charge is -2.31. The average molecular weight is 550 g/mol. The summed E-state index contributed by atoms with van der Waals surface area (Å²) in [7, 11) is 1.52. The topological polar surface area (TPSA) is 94.6 Å². The van der Waals surface area contributed by atoms with E-state index in [0.29, 0.717) is 62.2 Å². The van der Waals surface area contributed by atoms with E-state index >= 15 is 0 Å². The minimum Gasteiger partial charge on any atom is -0.493 e. The van der Waals surface area contributed by atoms with E-state index in [-0.39, 0.29) is 23.8 Å². The molecule has 0 aromatic heterocycles. The number of rotatable bonds is 5. The lowest BCUT2D eigenvalue weighted by molar-refractivity contribution is -0.116. The first-order valence-corrected chi connectivity index (χ1v) is 11.7. The van der Waals surface area contributed by atoms with E-state index in [2.05, 4.69) is 22.0 Å². The van der Waals surface area contributed by atoms with Crippen LogP contribution in [-0.4, -0.2) is 12.9 Å². The van der Waals surface area contributed by atoms with Crippen molar-refractivity contribution in [1.29, 1.82) is 5.26 Å². The molecule has 2 aliphatic rings. The van der Waals surface area contributed by atoms with Crippen molar-refractivity contribution in [2.24, 2.45) is 5.73 Å². The Morgan fingerprint density at radius 2 is 2.06 bits per heavy atom. The SMILES string of the molecule is COc1cc(C2C(C#N)=C(N)OC3=C2C(=O)CCC3)cc(Br)c1OCc1ccc(Cl)cc1Cl. The fraction of sp³-hybridized carbons (Fsp3) is 0.250. The Morgan fingerprint density at radius 1 is 1.27 bits per heavy atom. The minimum absolute atomic E-state index is 0.0174. The maximum Gasteiger partial charge on any atom is 0.205 e. The number of benzene rings is 2. The molecule has 1 atom stereocenters. The number of nitrogens with zero attached hydrogens (tertiary/aromatic N) is 1. The van der Waals surface area contributed by atoms with E-state index in [1.54, 1.807) is 30.3 Å². The van der Waals surface area contributed by atoms with Gasteiger partial charge in [-0.3, -0.25) is 4.79 Å². The van der Waals surface area contributed by atoms with Gasteiger partial charge in [0.25, 0.3) is 0 Å². The van der Waals surface area contributed by atoms with Crippen LogP contribution in [0.5, 0.6) is 11.5 Å². The van der Waals surface area contributed by atoms with Gasteiger partial charge in [0, 0.05) is 34.0 Å². The van der Waals surface area contributed by atoms with Gasteiger partial charge >= 0.3 is 0 Å². The van der Waals surface area contributed by atoms with Crippen LogP contribution in [0.3, 0.4) is 0 Å². The van der Waals surface area contributed by atoms with Crippen LogP contribution in [0.1, 0.15) is 36.3 Å². The Labute approximate surface area is 209 Å². The summed E-state index contributed by atoms with van der Waals surface area (Å²) in [5.74, 6) is 0.742. The highest BCUT2D eigenvalue weighted by Crippen LogP contribution is 2.47. The zero-order valence-electron chi connectivity index (χ0n) is 17.6. The zero-order chi connectivity index (χ0) is 23.7.